The second-order valence-electron chi connectivity index (χ2n) is 6.57. The summed E-state index contributed by atoms with van der Waals surface area (Å²) in [5.41, 5.74) is 3.16. The third kappa shape index (κ3) is 2.94. The van der Waals surface area contributed by atoms with E-state index in [0.717, 1.165) is 24.1 Å². The lowest BCUT2D eigenvalue weighted by atomic mass is 9.95. The van der Waals surface area contributed by atoms with Crippen LogP contribution in [-0.2, 0) is 13.0 Å². The Labute approximate surface area is 157 Å². The second kappa shape index (κ2) is 7.00. The van der Waals surface area contributed by atoms with Gasteiger partial charge in [0.1, 0.15) is 5.75 Å². The summed E-state index contributed by atoms with van der Waals surface area (Å²) in [6.07, 6.45) is 0.778. The molecule has 1 N–H and O–H groups in total. The molecule has 0 spiro atoms. The molecule has 2 aromatic rings. The molecule has 1 amide bonds. The standard InChI is InChI=1S/C20H22N2O5/c1-22-9-8-12-14(10-22)17(25-3)19-18(26-11-27-19)16(12)21-20(23)13-6-4-5-7-15(13)24-2/h4-7H,8-11H2,1-3H3,(H,21,23). The van der Waals surface area contributed by atoms with Gasteiger partial charge in [-0.3, -0.25) is 4.79 Å². The first kappa shape index (κ1) is 17.5. The fourth-order valence-corrected chi connectivity index (χ4v) is 3.65. The predicted octanol–water partition coefficient (Wildman–Crippen LogP) is 2.67. The molecular weight excluding hydrogens is 348 g/mol. The van der Waals surface area contributed by atoms with Crippen LogP contribution in [0.3, 0.4) is 0 Å². The molecule has 0 atom stereocenters. The molecule has 0 aliphatic carbocycles. The molecule has 0 saturated carbocycles. The number of methoxy groups -OCH3 is 2. The zero-order chi connectivity index (χ0) is 19.0. The largest absolute Gasteiger partial charge is 0.496 e. The summed E-state index contributed by atoms with van der Waals surface area (Å²) in [5.74, 6) is 2.02. The Morgan fingerprint density at radius 3 is 2.67 bits per heavy atom. The molecule has 0 aromatic heterocycles. The van der Waals surface area contributed by atoms with E-state index in [4.69, 9.17) is 18.9 Å². The number of amides is 1. The van der Waals surface area contributed by atoms with E-state index in [1.54, 1.807) is 32.4 Å². The van der Waals surface area contributed by atoms with Crippen LogP contribution >= 0.6 is 0 Å². The number of anilines is 1. The van der Waals surface area contributed by atoms with E-state index in [1.165, 1.54) is 0 Å². The molecule has 2 aromatic carbocycles. The average Bonchev–Trinajstić information content (AvgIpc) is 3.17. The number of ether oxygens (including phenoxy) is 4. The maximum absolute atomic E-state index is 13.0. The number of rotatable bonds is 4. The number of benzene rings is 2. The molecule has 7 nitrogen and oxygen atoms in total. The summed E-state index contributed by atoms with van der Waals surface area (Å²) < 4.78 is 22.3. The van der Waals surface area contributed by atoms with Gasteiger partial charge in [-0.05, 0) is 31.2 Å². The van der Waals surface area contributed by atoms with Crippen molar-refractivity contribution >= 4 is 11.6 Å². The van der Waals surface area contributed by atoms with Crippen LogP contribution in [0.15, 0.2) is 24.3 Å². The van der Waals surface area contributed by atoms with Gasteiger partial charge in [-0.15, -0.1) is 0 Å². The molecule has 27 heavy (non-hydrogen) atoms. The first-order valence-electron chi connectivity index (χ1n) is 8.78. The lowest BCUT2D eigenvalue weighted by Crippen LogP contribution is -2.28. The fraction of sp³-hybridized carbons (Fsp3) is 0.350. The van der Waals surface area contributed by atoms with Gasteiger partial charge in [-0.2, -0.15) is 0 Å². The van der Waals surface area contributed by atoms with Gasteiger partial charge in [0, 0.05) is 18.7 Å². The van der Waals surface area contributed by atoms with Gasteiger partial charge in [0.05, 0.1) is 25.5 Å². The molecule has 2 aliphatic rings. The lowest BCUT2D eigenvalue weighted by Gasteiger charge is -2.29. The van der Waals surface area contributed by atoms with Crippen molar-refractivity contribution in [3.63, 3.8) is 0 Å². The number of fused-ring (bicyclic) bond motifs is 2. The molecule has 0 unspecified atom stereocenters. The van der Waals surface area contributed by atoms with Crippen LogP contribution in [0.4, 0.5) is 5.69 Å². The summed E-state index contributed by atoms with van der Waals surface area (Å²) >= 11 is 0. The van der Waals surface area contributed by atoms with Gasteiger partial charge in [0.2, 0.25) is 12.5 Å². The van der Waals surface area contributed by atoms with Crippen LogP contribution in [0.2, 0.25) is 0 Å². The molecule has 142 valence electrons. The molecule has 0 radical (unpaired) electrons. The Morgan fingerprint density at radius 1 is 1.11 bits per heavy atom. The summed E-state index contributed by atoms with van der Waals surface area (Å²) in [5, 5.41) is 3.03. The number of hydrogen-bond acceptors (Lipinski definition) is 6. The Hall–Kier alpha value is -2.93. The number of hydrogen-bond donors (Lipinski definition) is 1. The smallest absolute Gasteiger partial charge is 0.259 e. The Bertz CT molecular complexity index is 896. The Kier molecular flexibility index (Phi) is 4.53. The molecule has 7 heteroatoms. The van der Waals surface area contributed by atoms with Crippen molar-refractivity contribution < 1.29 is 23.7 Å². The number of nitrogens with zero attached hydrogens (tertiary/aromatic N) is 1. The Balaban J connectivity index is 1.80. The summed E-state index contributed by atoms with van der Waals surface area (Å²) in [7, 11) is 5.23. The third-order valence-electron chi connectivity index (χ3n) is 4.95. The van der Waals surface area contributed by atoms with Crippen LogP contribution in [0.5, 0.6) is 23.0 Å². The van der Waals surface area contributed by atoms with Gasteiger partial charge < -0.3 is 29.2 Å². The van der Waals surface area contributed by atoms with E-state index in [1.807, 2.05) is 6.07 Å². The van der Waals surface area contributed by atoms with E-state index in [0.29, 0.717) is 40.8 Å². The number of carbonyl (C=O) groups excluding carboxylic acids is 1. The highest BCUT2D eigenvalue weighted by atomic mass is 16.7. The summed E-state index contributed by atoms with van der Waals surface area (Å²) in [4.78, 5) is 15.2. The number of para-hydroxylation sites is 1. The van der Waals surface area contributed by atoms with E-state index in [2.05, 4.69) is 17.3 Å². The molecule has 2 aliphatic heterocycles. The van der Waals surface area contributed by atoms with Crippen molar-refractivity contribution in [2.45, 2.75) is 13.0 Å². The highest BCUT2D eigenvalue weighted by Gasteiger charge is 2.33. The minimum atomic E-state index is -0.253. The highest BCUT2D eigenvalue weighted by molar-refractivity contribution is 6.08. The molecule has 0 saturated heterocycles. The molecular formula is C20H22N2O5. The minimum absolute atomic E-state index is 0.0992. The highest BCUT2D eigenvalue weighted by Crippen LogP contribution is 2.52. The number of likely N-dealkylation sites (N-methyl/N-ethyl adjacent to an activating group) is 1. The summed E-state index contributed by atoms with van der Waals surface area (Å²) in [6.45, 7) is 1.70. The first-order chi connectivity index (χ1) is 13.1. The van der Waals surface area contributed by atoms with E-state index in [-0.39, 0.29) is 12.7 Å². The third-order valence-corrected chi connectivity index (χ3v) is 4.95. The summed E-state index contributed by atoms with van der Waals surface area (Å²) in [6, 6.07) is 7.13. The monoisotopic (exact) mass is 370 g/mol. The van der Waals surface area contributed by atoms with Crippen molar-refractivity contribution in [2.75, 3.05) is 39.9 Å². The van der Waals surface area contributed by atoms with E-state index < -0.39 is 0 Å². The molecule has 0 bridgehead atoms. The van der Waals surface area contributed by atoms with Crippen LogP contribution in [0, 0.1) is 0 Å². The molecule has 2 heterocycles. The van der Waals surface area contributed by atoms with E-state index in [9.17, 15) is 4.79 Å². The van der Waals surface area contributed by atoms with Crippen molar-refractivity contribution in [3.8, 4) is 23.0 Å². The topological polar surface area (TPSA) is 69.3 Å². The van der Waals surface area contributed by atoms with Crippen molar-refractivity contribution in [1.82, 2.24) is 4.90 Å². The molecule has 4 rings (SSSR count). The molecule has 0 fully saturated rings. The van der Waals surface area contributed by atoms with Crippen molar-refractivity contribution in [2.24, 2.45) is 0 Å². The van der Waals surface area contributed by atoms with Gasteiger partial charge >= 0.3 is 0 Å². The number of carbonyl (C=O) groups is 1. The van der Waals surface area contributed by atoms with E-state index >= 15 is 0 Å². The Morgan fingerprint density at radius 2 is 1.89 bits per heavy atom. The first-order valence-corrected chi connectivity index (χ1v) is 8.78. The van der Waals surface area contributed by atoms with Crippen LogP contribution in [0.25, 0.3) is 0 Å². The van der Waals surface area contributed by atoms with Crippen LogP contribution < -0.4 is 24.3 Å². The fourth-order valence-electron chi connectivity index (χ4n) is 3.65. The maximum Gasteiger partial charge on any atom is 0.259 e. The number of nitrogens with one attached hydrogen (secondary N) is 1. The van der Waals surface area contributed by atoms with Gasteiger partial charge in [0.15, 0.2) is 11.5 Å². The van der Waals surface area contributed by atoms with Gasteiger partial charge in [0.25, 0.3) is 5.91 Å². The van der Waals surface area contributed by atoms with Crippen molar-refractivity contribution in [1.29, 1.82) is 0 Å². The van der Waals surface area contributed by atoms with Crippen LogP contribution in [0.1, 0.15) is 21.5 Å². The SMILES string of the molecule is COc1ccccc1C(=O)Nc1c2c(c(OC)c3c1OCO3)CN(C)CC2. The van der Waals surface area contributed by atoms with Crippen LogP contribution in [-0.4, -0.2) is 45.4 Å². The normalized spacial score (nSPS) is 15.2. The second-order valence-corrected chi connectivity index (χ2v) is 6.57. The van der Waals surface area contributed by atoms with Gasteiger partial charge in [-0.1, -0.05) is 12.1 Å². The zero-order valence-electron chi connectivity index (χ0n) is 15.6. The lowest BCUT2D eigenvalue weighted by molar-refractivity contribution is 0.102. The maximum atomic E-state index is 13.0. The average molecular weight is 370 g/mol. The predicted molar refractivity (Wildman–Crippen MR) is 100 cm³/mol. The van der Waals surface area contributed by atoms with Gasteiger partial charge in [-0.25, -0.2) is 0 Å². The quantitative estimate of drug-likeness (QED) is 0.892. The minimum Gasteiger partial charge on any atom is -0.496 e. The van der Waals surface area contributed by atoms with Crippen molar-refractivity contribution in [3.05, 3.63) is 41.0 Å². The zero-order valence-corrected chi connectivity index (χ0v) is 15.6.